The molecular weight excluding hydrogens is 404 g/mol. The summed E-state index contributed by atoms with van der Waals surface area (Å²) in [5.41, 5.74) is 3.69. The lowest BCUT2D eigenvalue weighted by atomic mass is 10.0. The van der Waals surface area contributed by atoms with Gasteiger partial charge in [0.15, 0.2) is 5.78 Å². The summed E-state index contributed by atoms with van der Waals surface area (Å²) in [4.78, 5) is 15.8. The van der Waals surface area contributed by atoms with Crippen LogP contribution in [0.2, 0.25) is 0 Å². The fourth-order valence-electron chi connectivity index (χ4n) is 3.98. The number of nitrogens with zero attached hydrogens (tertiary/aromatic N) is 2. The van der Waals surface area contributed by atoms with Gasteiger partial charge in [0.25, 0.3) is 0 Å². The zero-order valence-electron chi connectivity index (χ0n) is 17.1. The van der Waals surface area contributed by atoms with Gasteiger partial charge < -0.3 is 9.30 Å². The maximum absolute atomic E-state index is 13.4. The second kappa shape index (κ2) is 9.24. The zero-order chi connectivity index (χ0) is 19.7. The number of hydrogen-bond acceptors (Lipinski definition) is 4. The molecule has 3 aromatic rings. The van der Waals surface area contributed by atoms with Crippen LogP contribution in [0.15, 0.2) is 48.5 Å². The van der Waals surface area contributed by atoms with Crippen LogP contribution in [0.4, 0.5) is 0 Å². The van der Waals surface area contributed by atoms with Crippen molar-refractivity contribution >= 4 is 40.9 Å². The minimum absolute atomic E-state index is 0. The lowest BCUT2D eigenvalue weighted by molar-refractivity contribution is 0.103. The van der Waals surface area contributed by atoms with Crippen LogP contribution in [0.5, 0.6) is 5.75 Å². The van der Waals surface area contributed by atoms with E-state index in [0.717, 1.165) is 46.8 Å². The fourth-order valence-corrected chi connectivity index (χ4v) is 5.20. The number of aromatic nitrogens is 1. The van der Waals surface area contributed by atoms with Gasteiger partial charge in [0.05, 0.1) is 12.7 Å². The Balaban J connectivity index is 0.00000240. The van der Waals surface area contributed by atoms with E-state index in [0.29, 0.717) is 11.6 Å². The van der Waals surface area contributed by atoms with Crippen LogP contribution in [0, 0.1) is 6.92 Å². The molecule has 6 heteroatoms. The lowest BCUT2D eigenvalue weighted by Gasteiger charge is -2.33. The first-order chi connectivity index (χ1) is 13.6. The number of benzene rings is 2. The van der Waals surface area contributed by atoms with Crippen molar-refractivity contribution in [1.82, 2.24) is 9.47 Å². The van der Waals surface area contributed by atoms with E-state index in [-0.39, 0.29) is 18.2 Å². The van der Waals surface area contributed by atoms with Crippen LogP contribution in [0.3, 0.4) is 0 Å². The molecule has 1 unspecified atom stereocenters. The van der Waals surface area contributed by atoms with Crippen molar-refractivity contribution < 1.29 is 9.53 Å². The van der Waals surface area contributed by atoms with Gasteiger partial charge in [-0.3, -0.25) is 9.69 Å². The molecule has 1 atom stereocenters. The topological polar surface area (TPSA) is 34.5 Å². The average Bonchev–Trinajstić information content (AvgIpc) is 3.01. The molecule has 1 saturated heterocycles. The van der Waals surface area contributed by atoms with Crippen molar-refractivity contribution in [2.45, 2.75) is 19.5 Å². The molecule has 0 amide bonds. The second-order valence-electron chi connectivity index (χ2n) is 7.36. The number of carbonyl (C=O) groups is 1. The van der Waals surface area contributed by atoms with Gasteiger partial charge >= 0.3 is 0 Å². The molecule has 1 fully saturated rings. The van der Waals surface area contributed by atoms with Crippen molar-refractivity contribution in [3.8, 4) is 5.75 Å². The molecule has 0 bridgehead atoms. The van der Waals surface area contributed by atoms with E-state index in [2.05, 4.69) is 41.6 Å². The van der Waals surface area contributed by atoms with Crippen LogP contribution in [-0.2, 0) is 6.54 Å². The Labute approximate surface area is 182 Å². The molecule has 1 aliphatic rings. The van der Waals surface area contributed by atoms with E-state index < -0.39 is 0 Å². The number of methoxy groups -OCH3 is 1. The van der Waals surface area contributed by atoms with Crippen molar-refractivity contribution in [2.24, 2.45) is 0 Å². The predicted octanol–water partition coefficient (Wildman–Crippen LogP) is 4.66. The summed E-state index contributed by atoms with van der Waals surface area (Å²) >= 11 is 2.02. The van der Waals surface area contributed by atoms with Crippen molar-refractivity contribution in [3.05, 3.63) is 65.4 Å². The average molecular weight is 431 g/mol. The summed E-state index contributed by atoms with van der Waals surface area (Å²) in [6.07, 6.45) is 0. The molecule has 1 aliphatic heterocycles. The van der Waals surface area contributed by atoms with Gasteiger partial charge in [0, 0.05) is 52.8 Å². The number of ketones is 1. The highest BCUT2D eigenvalue weighted by atomic mass is 35.5. The normalized spacial score (nSPS) is 17.1. The first-order valence-electron chi connectivity index (χ1n) is 9.64. The van der Waals surface area contributed by atoms with Crippen LogP contribution < -0.4 is 4.74 Å². The number of para-hydroxylation sites is 1. The Bertz CT molecular complexity index is 1000. The number of carbonyl (C=O) groups excluding carboxylic acids is 1. The molecule has 0 N–H and O–H groups in total. The van der Waals surface area contributed by atoms with Gasteiger partial charge in [0.1, 0.15) is 5.75 Å². The third-order valence-electron chi connectivity index (χ3n) is 5.73. The molecule has 2 aromatic carbocycles. The lowest BCUT2D eigenvalue weighted by Crippen LogP contribution is -2.42. The van der Waals surface area contributed by atoms with Gasteiger partial charge in [-0.2, -0.15) is 11.8 Å². The highest BCUT2D eigenvalue weighted by Crippen LogP contribution is 2.30. The Morgan fingerprint density at radius 1 is 1.17 bits per heavy atom. The number of thioether (sulfide) groups is 1. The molecule has 4 rings (SSSR count). The Morgan fingerprint density at radius 3 is 2.59 bits per heavy atom. The summed E-state index contributed by atoms with van der Waals surface area (Å²) in [7, 11) is 3.84. The third kappa shape index (κ3) is 4.18. The van der Waals surface area contributed by atoms with E-state index >= 15 is 0 Å². The fraction of sp³-hybridized carbons (Fsp3) is 0.348. The van der Waals surface area contributed by atoms with Crippen molar-refractivity contribution in [1.29, 1.82) is 0 Å². The predicted molar refractivity (Wildman–Crippen MR) is 124 cm³/mol. The number of rotatable bonds is 5. The minimum Gasteiger partial charge on any atom is -0.497 e. The zero-order valence-corrected chi connectivity index (χ0v) is 18.7. The summed E-state index contributed by atoms with van der Waals surface area (Å²) in [5, 5.41) is 1.03. The number of ether oxygens (including phenoxy) is 1. The van der Waals surface area contributed by atoms with Gasteiger partial charge in [-0.1, -0.05) is 18.2 Å². The Hall–Kier alpha value is -1.95. The minimum atomic E-state index is 0. The quantitative estimate of drug-likeness (QED) is 0.551. The Morgan fingerprint density at radius 2 is 1.90 bits per heavy atom. The van der Waals surface area contributed by atoms with E-state index in [9.17, 15) is 4.79 Å². The van der Waals surface area contributed by atoms with Crippen LogP contribution in [0.1, 0.15) is 21.6 Å². The van der Waals surface area contributed by atoms with Gasteiger partial charge in [0.2, 0.25) is 0 Å². The smallest absolute Gasteiger partial charge is 0.195 e. The van der Waals surface area contributed by atoms with E-state index in [4.69, 9.17) is 4.74 Å². The van der Waals surface area contributed by atoms with Crippen LogP contribution >= 0.6 is 24.2 Å². The highest BCUT2D eigenvalue weighted by Gasteiger charge is 2.25. The van der Waals surface area contributed by atoms with E-state index in [1.807, 2.05) is 42.1 Å². The number of likely N-dealkylation sites (N-methyl/N-ethyl adjacent to an activating group) is 1. The van der Waals surface area contributed by atoms with E-state index in [1.54, 1.807) is 7.11 Å². The first kappa shape index (κ1) is 21.8. The number of fused-ring (bicyclic) bond motifs is 1. The van der Waals surface area contributed by atoms with Gasteiger partial charge in [-0.15, -0.1) is 12.4 Å². The highest BCUT2D eigenvalue weighted by molar-refractivity contribution is 7.99. The molecular formula is C23H27ClN2O2S. The standard InChI is InChI=1S/C23H26N2O2S.ClH/c1-16-22(23(26)17-8-10-19(27-3)11-9-17)20-6-4-5-7-21(20)25(16)14-18-15-28-13-12-24(18)2;/h4-11,18H,12-15H2,1-3H3;1H. The molecule has 2 heterocycles. The second-order valence-corrected chi connectivity index (χ2v) is 8.50. The summed E-state index contributed by atoms with van der Waals surface area (Å²) in [6.45, 7) is 4.10. The van der Waals surface area contributed by atoms with E-state index in [1.165, 1.54) is 5.75 Å². The molecule has 154 valence electrons. The molecule has 0 spiro atoms. The van der Waals surface area contributed by atoms with Crippen molar-refractivity contribution in [2.75, 3.05) is 32.2 Å². The molecule has 0 aliphatic carbocycles. The Kier molecular flexibility index (Phi) is 6.93. The number of halogens is 1. The molecule has 4 nitrogen and oxygen atoms in total. The largest absolute Gasteiger partial charge is 0.497 e. The summed E-state index contributed by atoms with van der Waals surface area (Å²) < 4.78 is 7.56. The third-order valence-corrected chi connectivity index (χ3v) is 6.82. The van der Waals surface area contributed by atoms with Gasteiger partial charge in [-0.05, 0) is 44.3 Å². The summed E-state index contributed by atoms with van der Waals surface area (Å²) in [6, 6.07) is 16.1. The molecule has 0 radical (unpaired) electrons. The monoisotopic (exact) mass is 430 g/mol. The molecule has 0 saturated carbocycles. The van der Waals surface area contributed by atoms with Crippen LogP contribution in [-0.4, -0.2) is 53.5 Å². The summed E-state index contributed by atoms with van der Waals surface area (Å²) in [5.74, 6) is 3.15. The van der Waals surface area contributed by atoms with Crippen molar-refractivity contribution in [3.63, 3.8) is 0 Å². The maximum Gasteiger partial charge on any atom is 0.195 e. The van der Waals surface area contributed by atoms with Crippen LogP contribution in [0.25, 0.3) is 10.9 Å². The first-order valence-corrected chi connectivity index (χ1v) is 10.8. The molecule has 1 aromatic heterocycles. The molecule has 29 heavy (non-hydrogen) atoms. The SMILES string of the molecule is COc1ccc(C(=O)c2c(C)n(CC3CSCCN3C)c3ccccc23)cc1.Cl. The number of hydrogen-bond donors (Lipinski definition) is 0. The van der Waals surface area contributed by atoms with Gasteiger partial charge in [-0.25, -0.2) is 0 Å². The maximum atomic E-state index is 13.4.